The molecule has 0 aliphatic heterocycles. The number of hydrogen-bond acceptors (Lipinski definition) is 3. The topological polar surface area (TPSA) is 57.2 Å². The van der Waals surface area contributed by atoms with Gasteiger partial charge in [0.2, 0.25) is 0 Å². The number of fused-ring (bicyclic) bond motifs is 1. The summed E-state index contributed by atoms with van der Waals surface area (Å²) in [5.41, 5.74) is 1.46. The molecule has 0 spiro atoms. The van der Waals surface area contributed by atoms with Gasteiger partial charge in [-0.2, -0.15) is 0 Å². The van der Waals surface area contributed by atoms with Gasteiger partial charge in [-0.05, 0) is 53.6 Å². The van der Waals surface area contributed by atoms with Crippen LogP contribution in [0, 0.1) is 0 Å². The van der Waals surface area contributed by atoms with Crippen LogP contribution in [0.15, 0.2) is 35.2 Å². The molecule has 0 saturated heterocycles. The standard InChI is InChI=1S/C24H36O3S.Na/c1-3-5-7-9-11-16-21-19-20-15-13-14-17-22(20)23(24(21)28(25,26)27)18-12-10-8-6-4-2;/h13-15,17,19H,3-12,16,18H2,1-2H3,(H,25,26,27);/q;+1/p-1. The van der Waals surface area contributed by atoms with Crippen LogP contribution >= 0.6 is 0 Å². The normalized spacial score (nSPS) is 11.6. The molecule has 0 bridgehead atoms. The van der Waals surface area contributed by atoms with Gasteiger partial charge < -0.3 is 4.55 Å². The van der Waals surface area contributed by atoms with E-state index in [9.17, 15) is 13.0 Å². The van der Waals surface area contributed by atoms with Gasteiger partial charge in [0.15, 0.2) is 0 Å². The molecule has 0 aliphatic carbocycles. The molecule has 156 valence electrons. The Labute approximate surface area is 199 Å². The molecule has 2 aromatic carbocycles. The maximum Gasteiger partial charge on any atom is 1.00 e. The Hall–Kier alpha value is -0.390. The minimum absolute atomic E-state index is 0. The van der Waals surface area contributed by atoms with Crippen molar-refractivity contribution in [1.82, 2.24) is 0 Å². The van der Waals surface area contributed by atoms with Crippen LogP contribution in [0.5, 0.6) is 0 Å². The summed E-state index contributed by atoms with van der Waals surface area (Å²) in [5.74, 6) is 0. The quantitative estimate of drug-likeness (QED) is 0.278. The summed E-state index contributed by atoms with van der Waals surface area (Å²) in [4.78, 5) is 0.0668. The van der Waals surface area contributed by atoms with E-state index < -0.39 is 10.1 Å². The zero-order valence-corrected chi connectivity index (χ0v) is 21.3. The minimum atomic E-state index is -4.50. The van der Waals surface area contributed by atoms with E-state index in [1.54, 1.807) is 0 Å². The zero-order chi connectivity index (χ0) is 20.4. The van der Waals surface area contributed by atoms with Crippen molar-refractivity contribution in [3.05, 3.63) is 41.5 Å². The van der Waals surface area contributed by atoms with Crippen molar-refractivity contribution in [3.63, 3.8) is 0 Å². The summed E-state index contributed by atoms with van der Waals surface area (Å²) in [6, 6.07) is 9.81. The van der Waals surface area contributed by atoms with Gasteiger partial charge in [0.05, 0.1) is 4.90 Å². The van der Waals surface area contributed by atoms with Crippen molar-refractivity contribution >= 4 is 20.9 Å². The summed E-state index contributed by atoms with van der Waals surface area (Å²) in [5, 5.41) is 1.96. The van der Waals surface area contributed by atoms with E-state index in [1.807, 2.05) is 30.3 Å². The van der Waals surface area contributed by atoms with Crippen LogP contribution in [0.3, 0.4) is 0 Å². The molecule has 5 heteroatoms. The Morgan fingerprint density at radius 3 is 1.93 bits per heavy atom. The molecule has 0 N–H and O–H groups in total. The fourth-order valence-electron chi connectivity index (χ4n) is 4.04. The van der Waals surface area contributed by atoms with Gasteiger partial charge >= 0.3 is 29.6 Å². The Balaban J connectivity index is 0.00000420. The van der Waals surface area contributed by atoms with E-state index in [4.69, 9.17) is 0 Å². The Bertz CT molecular complexity index is 847. The molecular formula is C24H35NaO3S. The average Bonchev–Trinajstić information content (AvgIpc) is 2.66. The SMILES string of the molecule is CCCCCCCc1cc2ccccc2c(CCCCCCC)c1S(=O)(=O)[O-].[Na+]. The molecular weight excluding hydrogens is 391 g/mol. The Morgan fingerprint density at radius 1 is 0.793 bits per heavy atom. The molecule has 0 unspecified atom stereocenters. The molecule has 29 heavy (non-hydrogen) atoms. The molecule has 3 nitrogen and oxygen atoms in total. The molecule has 2 rings (SSSR count). The number of aryl methyl sites for hydroxylation is 2. The molecule has 0 atom stereocenters. The first-order chi connectivity index (χ1) is 13.5. The fraction of sp³-hybridized carbons (Fsp3) is 0.583. The van der Waals surface area contributed by atoms with Crippen molar-refractivity contribution in [2.75, 3.05) is 0 Å². The summed E-state index contributed by atoms with van der Waals surface area (Å²) >= 11 is 0. The summed E-state index contributed by atoms with van der Waals surface area (Å²) in [6.07, 6.45) is 12.4. The molecule has 0 amide bonds. The van der Waals surface area contributed by atoms with E-state index >= 15 is 0 Å². The van der Waals surface area contributed by atoms with Crippen LogP contribution in [0.1, 0.15) is 89.2 Å². The van der Waals surface area contributed by atoms with Crippen molar-refractivity contribution in [2.24, 2.45) is 0 Å². The van der Waals surface area contributed by atoms with Crippen molar-refractivity contribution in [3.8, 4) is 0 Å². The molecule has 0 fully saturated rings. The smallest absolute Gasteiger partial charge is 0.744 e. The molecule has 0 saturated carbocycles. The number of benzene rings is 2. The van der Waals surface area contributed by atoms with Gasteiger partial charge in [-0.1, -0.05) is 89.5 Å². The van der Waals surface area contributed by atoms with Crippen molar-refractivity contribution in [2.45, 2.75) is 95.8 Å². The van der Waals surface area contributed by atoms with Crippen LogP contribution in [0.25, 0.3) is 10.8 Å². The van der Waals surface area contributed by atoms with E-state index in [1.165, 1.54) is 25.7 Å². The largest absolute Gasteiger partial charge is 1.00 e. The second kappa shape index (κ2) is 13.8. The van der Waals surface area contributed by atoms with Gasteiger partial charge in [-0.3, -0.25) is 0 Å². The van der Waals surface area contributed by atoms with Crippen molar-refractivity contribution in [1.29, 1.82) is 0 Å². The Kier molecular flexibility index (Phi) is 12.7. The van der Waals surface area contributed by atoms with Crippen LogP contribution < -0.4 is 29.6 Å². The molecule has 0 aliphatic rings. The minimum Gasteiger partial charge on any atom is -0.744 e. The summed E-state index contributed by atoms with van der Waals surface area (Å²) in [7, 11) is -4.50. The predicted molar refractivity (Wildman–Crippen MR) is 117 cm³/mol. The third-order valence-corrected chi connectivity index (χ3v) is 6.52. The van der Waals surface area contributed by atoms with Crippen LogP contribution in [-0.2, 0) is 23.0 Å². The van der Waals surface area contributed by atoms with E-state index in [2.05, 4.69) is 13.8 Å². The van der Waals surface area contributed by atoms with Gasteiger partial charge in [0.1, 0.15) is 10.1 Å². The zero-order valence-electron chi connectivity index (χ0n) is 18.5. The van der Waals surface area contributed by atoms with Crippen LogP contribution in [-0.4, -0.2) is 13.0 Å². The van der Waals surface area contributed by atoms with Gasteiger partial charge in [-0.15, -0.1) is 0 Å². The third-order valence-electron chi connectivity index (χ3n) is 5.51. The van der Waals surface area contributed by atoms with Crippen LogP contribution in [0.4, 0.5) is 0 Å². The van der Waals surface area contributed by atoms with Gasteiger partial charge in [0, 0.05) is 0 Å². The summed E-state index contributed by atoms with van der Waals surface area (Å²) in [6.45, 7) is 4.36. The Morgan fingerprint density at radius 2 is 1.34 bits per heavy atom. The second-order valence-corrected chi connectivity index (χ2v) is 9.16. The second-order valence-electron chi connectivity index (χ2n) is 7.85. The van der Waals surface area contributed by atoms with Gasteiger partial charge in [-0.25, -0.2) is 8.42 Å². The van der Waals surface area contributed by atoms with E-state index in [0.717, 1.165) is 54.9 Å². The molecule has 0 aromatic heterocycles. The molecule has 0 heterocycles. The number of unbranched alkanes of at least 4 members (excludes halogenated alkanes) is 8. The summed E-state index contributed by atoms with van der Waals surface area (Å²) < 4.78 is 36.7. The van der Waals surface area contributed by atoms with E-state index in [-0.39, 0.29) is 34.5 Å². The monoisotopic (exact) mass is 426 g/mol. The first kappa shape index (κ1) is 26.6. The maximum atomic E-state index is 12.2. The number of rotatable bonds is 13. The fourth-order valence-corrected chi connectivity index (χ4v) is 5.03. The first-order valence-electron chi connectivity index (χ1n) is 11.0. The average molecular weight is 427 g/mol. The third kappa shape index (κ3) is 8.34. The van der Waals surface area contributed by atoms with Crippen molar-refractivity contribution < 1.29 is 42.5 Å². The maximum absolute atomic E-state index is 12.2. The number of hydrogen-bond donors (Lipinski definition) is 0. The van der Waals surface area contributed by atoms with Gasteiger partial charge in [0.25, 0.3) is 0 Å². The molecule has 2 aromatic rings. The first-order valence-corrected chi connectivity index (χ1v) is 12.4. The predicted octanol–water partition coefficient (Wildman–Crippen LogP) is 3.77. The molecule has 0 radical (unpaired) electrons. The van der Waals surface area contributed by atoms with E-state index in [0.29, 0.717) is 18.4 Å². The van der Waals surface area contributed by atoms with Crippen LogP contribution in [0.2, 0.25) is 0 Å².